The Bertz CT molecular complexity index is 826. The molecule has 0 spiro atoms. The summed E-state index contributed by atoms with van der Waals surface area (Å²) in [5.41, 5.74) is 1.37. The van der Waals surface area contributed by atoms with Crippen molar-refractivity contribution < 1.29 is 14.7 Å². The summed E-state index contributed by atoms with van der Waals surface area (Å²) in [6, 6.07) is 11.0. The van der Waals surface area contributed by atoms with E-state index in [0.29, 0.717) is 19.0 Å². The summed E-state index contributed by atoms with van der Waals surface area (Å²) in [5, 5.41) is 10.5. The van der Waals surface area contributed by atoms with E-state index in [0.717, 1.165) is 29.6 Å². The molecule has 1 atom stereocenters. The van der Waals surface area contributed by atoms with Crippen molar-refractivity contribution in [3.05, 3.63) is 47.0 Å². The van der Waals surface area contributed by atoms with Gasteiger partial charge in [0.1, 0.15) is 0 Å². The summed E-state index contributed by atoms with van der Waals surface area (Å²) < 4.78 is 0.735. The van der Waals surface area contributed by atoms with Crippen LogP contribution in [0.4, 0.5) is 0 Å². The highest BCUT2D eigenvalue weighted by molar-refractivity contribution is 8.01. The summed E-state index contributed by atoms with van der Waals surface area (Å²) in [4.78, 5) is 31.9. The number of aromatic nitrogens is 1. The molecule has 2 heterocycles. The van der Waals surface area contributed by atoms with Gasteiger partial charge in [0.05, 0.1) is 0 Å². The van der Waals surface area contributed by atoms with Gasteiger partial charge in [0, 0.05) is 49.3 Å². The average molecular weight is 434 g/mol. The Morgan fingerprint density at radius 1 is 1.38 bits per heavy atom. The zero-order valence-corrected chi connectivity index (χ0v) is 18.4. The smallest absolute Gasteiger partial charge is 0.355 e. The van der Waals surface area contributed by atoms with Gasteiger partial charge in [-0.3, -0.25) is 9.69 Å². The highest BCUT2D eigenvalue weighted by atomic mass is 32.2. The van der Waals surface area contributed by atoms with Crippen molar-refractivity contribution in [2.75, 3.05) is 18.8 Å². The number of benzene rings is 1. The van der Waals surface area contributed by atoms with Gasteiger partial charge in [-0.1, -0.05) is 42.1 Å². The number of carboxylic acids is 1. The van der Waals surface area contributed by atoms with Crippen LogP contribution < -0.4 is 0 Å². The summed E-state index contributed by atoms with van der Waals surface area (Å²) in [6.07, 6.45) is 1.49. The number of carbonyl (C=O) groups is 2. The van der Waals surface area contributed by atoms with E-state index in [1.807, 2.05) is 11.0 Å². The third kappa shape index (κ3) is 6.04. The first-order chi connectivity index (χ1) is 13.9. The Balaban J connectivity index is 1.56. The van der Waals surface area contributed by atoms with Crippen LogP contribution in [0, 0.1) is 0 Å². The second kappa shape index (κ2) is 10.2. The quantitative estimate of drug-likeness (QED) is 0.574. The molecule has 1 N–H and O–H groups in total. The molecular weight excluding hydrogens is 406 g/mol. The summed E-state index contributed by atoms with van der Waals surface area (Å²) in [7, 11) is 0. The number of likely N-dealkylation sites (tertiary alicyclic amines) is 1. The van der Waals surface area contributed by atoms with Gasteiger partial charge in [-0.05, 0) is 25.8 Å². The van der Waals surface area contributed by atoms with E-state index in [-0.39, 0.29) is 17.6 Å². The molecule has 0 unspecified atom stereocenters. The maximum absolute atomic E-state index is 12.4. The van der Waals surface area contributed by atoms with Gasteiger partial charge in [0.15, 0.2) is 10.0 Å². The molecule has 8 heteroatoms. The Hall–Kier alpha value is -1.90. The van der Waals surface area contributed by atoms with E-state index in [2.05, 4.69) is 48.0 Å². The van der Waals surface area contributed by atoms with Crippen molar-refractivity contribution >= 4 is 35.0 Å². The van der Waals surface area contributed by atoms with Gasteiger partial charge in [-0.25, -0.2) is 9.78 Å². The second-order valence-corrected chi connectivity index (χ2v) is 9.64. The van der Waals surface area contributed by atoms with Crippen LogP contribution in [-0.4, -0.2) is 62.7 Å². The number of thiazole rings is 1. The molecule has 0 radical (unpaired) electrons. The molecule has 1 saturated heterocycles. The van der Waals surface area contributed by atoms with Gasteiger partial charge in [-0.2, -0.15) is 0 Å². The minimum absolute atomic E-state index is 0.0844. The molecule has 1 aliphatic rings. The number of carboxylic acid groups (broad SMARTS) is 1. The lowest BCUT2D eigenvalue weighted by atomic mass is 10.1. The molecule has 1 aliphatic heterocycles. The molecule has 6 nitrogen and oxygen atoms in total. The molecule has 3 rings (SSSR count). The first-order valence-corrected chi connectivity index (χ1v) is 11.7. The molecule has 0 aliphatic carbocycles. The van der Waals surface area contributed by atoms with Crippen LogP contribution in [-0.2, 0) is 11.3 Å². The van der Waals surface area contributed by atoms with Gasteiger partial charge in [-0.15, -0.1) is 11.3 Å². The maximum atomic E-state index is 12.4. The molecule has 1 amide bonds. The molecule has 156 valence electrons. The van der Waals surface area contributed by atoms with Crippen LogP contribution in [0.25, 0.3) is 0 Å². The standard InChI is InChI=1S/C21H27N3O3S2/c1-15(2)23(12-16-6-4-3-5-7-16)13-17-8-9-19(25)24(17)10-11-28-21-22-18(14-29-21)20(26)27/h3-7,14-15,17H,8-13H2,1-2H3,(H,26,27)/t17-/m1/s1. The number of hydrogen-bond acceptors (Lipinski definition) is 6. The van der Waals surface area contributed by atoms with E-state index >= 15 is 0 Å². The van der Waals surface area contributed by atoms with Crippen molar-refractivity contribution in [2.45, 2.75) is 49.7 Å². The van der Waals surface area contributed by atoms with E-state index < -0.39 is 5.97 Å². The lowest BCUT2D eigenvalue weighted by Crippen LogP contribution is -2.44. The molecule has 1 aromatic carbocycles. The van der Waals surface area contributed by atoms with Crippen molar-refractivity contribution in [2.24, 2.45) is 0 Å². The highest BCUT2D eigenvalue weighted by Crippen LogP contribution is 2.26. The molecule has 2 aromatic rings. The topological polar surface area (TPSA) is 73.7 Å². The first-order valence-electron chi connectivity index (χ1n) is 9.83. The summed E-state index contributed by atoms with van der Waals surface area (Å²) in [5.74, 6) is -0.0747. The number of amides is 1. The maximum Gasteiger partial charge on any atom is 0.355 e. The first kappa shape index (κ1) is 21.8. The molecule has 0 bridgehead atoms. The lowest BCUT2D eigenvalue weighted by Gasteiger charge is -2.33. The lowest BCUT2D eigenvalue weighted by molar-refractivity contribution is -0.129. The Morgan fingerprint density at radius 2 is 2.14 bits per heavy atom. The molecule has 1 aromatic heterocycles. The van der Waals surface area contributed by atoms with E-state index in [1.165, 1.54) is 28.7 Å². The van der Waals surface area contributed by atoms with Crippen LogP contribution in [0.5, 0.6) is 0 Å². The van der Waals surface area contributed by atoms with Gasteiger partial charge >= 0.3 is 5.97 Å². The van der Waals surface area contributed by atoms with Crippen LogP contribution >= 0.6 is 23.1 Å². The van der Waals surface area contributed by atoms with Gasteiger partial charge in [0.2, 0.25) is 5.91 Å². The minimum atomic E-state index is -1.00. The second-order valence-electron chi connectivity index (χ2n) is 7.44. The van der Waals surface area contributed by atoms with E-state index in [4.69, 9.17) is 5.11 Å². The van der Waals surface area contributed by atoms with E-state index in [1.54, 1.807) is 5.38 Å². The Kier molecular flexibility index (Phi) is 7.69. The summed E-state index contributed by atoms with van der Waals surface area (Å²) in [6.45, 7) is 6.80. The van der Waals surface area contributed by atoms with Crippen LogP contribution in [0.1, 0.15) is 42.7 Å². The molecule has 29 heavy (non-hydrogen) atoms. The van der Waals surface area contributed by atoms with Crippen LogP contribution in [0.3, 0.4) is 0 Å². The number of rotatable bonds is 10. The van der Waals surface area contributed by atoms with Crippen LogP contribution in [0.2, 0.25) is 0 Å². The van der Waals surface area contributed by atoms with Gasteiger partial charge < -0.3 is 10.0 Å². The van der Waals surface area contributed by atoms with Gasteiger partial charge in [0.25, 0.3) is 0 Å². The Morgan fingerprint density at radius 3 is 2.79 bits per heavy atom. The zero-order chi connectivity index (χ0) is 20.8. The molecule has 0 saturated carbocycles. The fraction of sp³-hybridized carbons (Fsp3) is 0.476. The van der Waals surface area contributed by atoms with Crippen LogP contribution in [0.15, 0.2) is 40.1 Å². The van der Waals surface area contributed by atoms with Crippen molar-refractivity contribution in [1.29, 1.82) is 0 Å². The SMILES string of the molecule is CC(C)N(Cc1ccccc1)C[C@H]1CCC(=O)N1CCSc1nc(C(=O)O)cs1. The van der Waals surface area contributed by atoms with Crippen molar-refractivity contribution in [3.63, 3.8) is 0 Å². The van der Waals surface area contributed by atoms with Crippen molar-refractivity contribution in [3.8, 4) is 0 Å². The fourth-order valence-electron chi connectivity index (χ4n) is 3.49. The minimum Gasteiger partial charge on any atom is -0.476 e. The largest absolute Gasteiger partial charge is 0.476 e. The number of hydrogen-bond donors (Lipinski definition) is 1. The monoisotopic (exact) mass is 433 g/mol. The zero-order valence-electron chi connectivity index (χ0n) is 16.8. The van der Waals surface area contributed by atoms with Crippen molar-refractivity contribution in [1.82, 2.24) is 14.8 Å². The number of nitrogens with zero attached hydrogens (tertiary/aromatic N) is 3. The highest BCUT2D eigenvalue weighted by Gasteiger charge is 2.32. The number of carbonyl (C=O) groups excluding carboxylic acids is 1. The average Bonchev–Trinajstić information content (AvgIpc) is 3.30. The number of thioether (sulfide) groups is 1. The third-order valence-electron chi connectivity index (χ3n) is 5.12. The molecule has 1 fully saturated rings. The molecular formula is C21H27N3O3S2. The predicted octanol–water partition coefficient (Wildman–Crippen LogP) is 3.84. The summed E-state index contributed by atoms with van der Waals surface area (Å²) >= 11 is 2.85. The van der Waals surface area contributed by atoms with E-state index in [9.17, 15) is 9.59 Å². The predicted molar refractivity (Wildman–Crippen MR) is 117 cm³/mol. The third-order valence-corrected chi connectivity index (χ3v) is 7.12. The number of aromatic carboxylic acids is 1. The fourth-order valence-corrected chi connectivity index (χ4v) is 5.30. The normalized spacial score (nSPS) is 16.9. The Labute approximate surface area is 179 Å².